The average Bonchev–Trinajstić information content (AvgIpc) is 3.38. The van der Waals surface area contributed by atoms with Gasteiger partial charge in [0.15, 0.2) is 0 Å². The summed E-state index contributed by atoms with van der Waals surface area (Å²) in [4.78, 5) is 2.53. The zero-order valence-corrected chi connectivity index (χ0v) is 30.2. The second-order valence-corrected chi connectivity index (χ2v) is 16.9. The molecule has 0 spiro atoms. The van der Waals surface area contributed by atoms with Crippen LogP contribution in [-0.2, 0) is 10.8 Å². The molecule has 5 aliphatic rings. The van der Waals surface area contributed by atoms with Crippen molar-refractivity contribution in [1.82, 2.24) is 0 Å². The Bertz CT molecular complexity index is 2240. The lowest BCUT2D eigenvalue weighted by atomic mass is 9.48. The summed E-state index contributed by atoms with van der Waals surface area (Å²) in [5, 5.41) is 0. The maximum absolute atomic E-state index is 2.53. The van der Waals surface area contributed by atoms with E-state index in [9.17, 15) is 0 Å². The standard InChI is InChI=1S/C50H47N/c1-33-12-11-18-45-48(33)44-25-24-40(29-46(44)49(45,2)3)51(39-22-20-38(21-23-39)50-30-34-26-35(31-50)28-36(27-34)32-50)47-19-10-9-17-43(47)42-16-8-7-15-41(42)37-13-5-4-6-14-37/h4-25,29,34-36H,26-28,30-32H2,1-3H3. The molecule has 6 aromatic rings. The molecule has 4 bridgehead atoms. The number of hydrogen-bond donors (Lipinski definition) is 0. The van der Waals surface area contributed by atoms with Crippen molar-refractivity contribution in [1.29, 1.82) is 0 Å². The molecule has 0 N–H and O–H groups in total. The molecule has 1 nitrogen and oxygen atoms in total. The third-order valence-electron chi connectivity index (χ3n) is 13.4. The van der Waals surface area contributed by atoms with Crippen LogP contribution in [0.5, 0.6) is 0 Å². The average molecular weight is 662 g/mol. The van der Waals surface area contributed by atoms with E-state index >= 15 is 0 Å². The normalized spacial score (nSPS) is 23.5. The molecule has 4 saturated carbocycles. The summed E-state index contributed by atoms with van der Waals surface area (Å²) >= 11 is 0. The van der Waals surface area contributed by atoms with E-state index in [-0.39, 0.29) is 5.41 Å². The van der Waals surface area contributed by atoms with Gasteiger partial charge in [-0.05, 0) is 149 Å². The fourth-order valence-corrected chi connectivity index (χ4v) is 11.4. The topological polar surface area (TPSA) is 3.24 Å². The third-order valence-corrected chi connectivity index (χ3v) is 13.4. The molecule has 0 saturated heterocycles. The fourth-order valence-electron chi connectivity index (χ4n) is 11.4. The lowest BCUT2D eigenvalue weighted by Crippen LogP contribution is -2.48. The van der Waals surface area contributed by atoms with E-state index in [2.05, 4.69) is 165 Å². The Morgan fingerprint density at radius 2 is 1.12 bits per heavy atom. The van der Waals surface area contributed by atoms with Crippen LogP contribution >= 0.6 is 0 Å². The predicted octanol–water partition coefficient (Wildman–Crippen LogP) is 13.6. The summed E-state index contributed by atoms with van der Waals surface area (Å²) in [5.41, 5.74) is 17.5. The van der Waals surface area contributed by atoms with E-state index in [1.54, 1.807) is 5.56 Å². The Kier molecular flexibility index (Phi) is 7.01. The summed E-state index contributed by atoms with van der Waals surface area (Å²) in [5.74, 6) is 2.81. The Hall–Kier alpha value is -4.88. The highest BCUT2D eigenvalue weighted by molar-refractivity contribution is 5.95. The van der Waals surface area contributed by atoms with Gasteiger partial charge in [0.1, 0.15) is 0 Å². The molecular formula is C50H47N. The zero-order chi connectivity index (χ0) is 34.3. The number of para-hydroxylation sites is 1. The van der Waals surface area contributed by atoms with Gasteiger partial charge in [-0.1, -0.05) is 123 Å². The van der Waals surface area contributed by atoms with E-state index in [0.29, 0.717) is 5.41 Å². The second-order valence-electron chi connectivity index (χ2n) is 16.9. The van der Waals surface area contributed by atoms with Crippen molar-refractivity contribution in [2.75, 3.05) is 4.90 Å². The van der Waals surface area contributed by atoms with Crippen molar-refractivity contribution in [3.8, 4) is 33.4 Å². The fraction of sp³-hybridized carbons (Fsp3) is 0.280. The van der Waals surface area contributed by atoms with Crippen molar-refractivity contribution in [3.05, 3.63) is 162 Å². The van der Waals surface area contributed by atoms with Gasteiger partial charge in [-0.2, -0.15) is 0 Å². The Labute approximate surface area is 304 Å². The molecule has 0 amide bonds. The lowest BCUT2D eigenvalue weighted by Gasteiger charge is -2.57. The van der Waals surface area contributed by atoms with Gasteiger partial charge in [-0.25, -0.2) is 0 Å². The summed E-state index contributed by atoms with van der Waals surface area (Å²) in [6.07, 6.45) is 8.60. The number of fused-ring (bicyclic) bond motifs is 3. The number of rotatable bonds is 6. The summed E-state index contributed by atoms with van der Waals surface area (Å²) in [6, 6.07) is 52.7. The maximum atomic E-state index is 2.53. The predicted molar refractivity (Wildman–Crippen MR) is 214 cm³/mol. The maximum Gasteiger partial charge on any atom is 0.0540 e. The van der Waals surface area contributed by atoms with Crippen molar-refractivity contribution in [2.24, 2.45) is 17.8 Å². The van der Waals surface area contributed by atoms with Crippen LogP contribution < -0.4 is 4.90 Å². The number of aryl methyl sites for hydroxylation is 1. The lowest BCUT2D eigenvalue weighted by molar-refractivity contribution is -0.00518. The molecule has 51 heavy (non-hydrogen) atoms. The van der Waals surface area contributed by atoms with E-state index in [1.165, 1.54) is 106 Å². The van der Waals surface area contributed by atoms with Crippen molar-refractivity contribution >= 4 is 17.1 Å². The van der Waals surface area contributed by atoms with Crippen LogP contribution in [0.4, 0.5) is 17.1 Å². The first kappa shape index (κ1) is 30.9. The molecule has 0 heterocycles. The first-order valence-corrected chi connectivity index (χ1v) is 19.3. The van der Waals surface area contributed by atoms with E-state index in [0.717, 1.165) is 17.8 Å². The molecule has 4 fully saturated rings. The van der Waals surface area contributed by atoms with Gasteiger partial charge in [-0.15, -0.1) is 0 Å². The second kappa shape index (κ2) is 11.6. The van der Waals surface area contributed by atoms with E-state index in [1.807, 2.05) is 0 Å². The molecule has 0 aromatic heterocycles. The molecule has 252 valence electrons. The molecule has 0 unspecified atom stereocenters. The van der Waals surface area contributed by atoms with E-state index < -0.39 is 0 Å². The summed E-state index contributed by atoms with van der Waals surface area (Å²) in [6.45, 7) is 7.06. The van der Waals surface area contributed by atoms with Crippen LogP contribution in [0.25, 0.3) is 33.4 Å². The highest BCUT2D eigenvalue weighted by atomic mass is 15.1. The molecule has 5 aliphatic carbocycles. The van der Waals surface area contributed by atoms with Gasteiger partial charge in [0, 0.05) is 22.4 Å². The zero-order valence-electron chi connectivity index (χ0n) is 30.2. The monoisotopic (exact) mass is 661 g/mol. The number of hydrogen-bond acceptors (Lipinski definition) is 1. The third kappa shape index (κ3) is 4.88. The van der Waals surface area contributed by atoms with Crippen LogP contribution in [0.3, 0.4) is 0 Å². The van der Waals surface area contributed by atoms with Gasteiger partial charge in [0.25, 0.3) is 0 Å². The number of benzene rings is 6. The Morgan fingerprint density at radius 3 is 1.82 bits per heavy atom. The molecular weight excluding hydrogens is 615 g/mol. The van der Waals surface area contributed by atoms with Crippen LogP contribution in [0.2, 0.25) is 0 Å². The first-order chi connectivity index (χ1) is 24.9. The van der Waals surface area contributed by atoms with Crippen molar-refractivity contribution in [3.63, 3.8) is 0 Å². The number of anilines is 3. The minimum absolute atomic E-state index is 0.0832. The summed E-state index contributed by atoms with van der Waals surface area (Å²) in [7, 11) is 0. The smallest absolute Gasteiger partial charge is 0.0540 e. The minimum Gasteiger partial charge on any atom is -0.310 e. The highest BCUT2D eigenvalue weighted by Crippen LogP contribution is 2.61. The van der Waals surface area contributed by atoms with Crippen LogP contribution in [0.1, 0.15) is 74.6 Å². The van der Waals surface area contributed by atoms with Crippen molar-refractivity contribution < 1.29 is 0 Å². The van der Waals surface area contributed by atoms with Gasteiger partial charge in [0.05, 0.1) is 5.69 Å². The Balaban J connectivity index is 1.14. The largest absolute Gasteiger partial charge is 0.310 e. The minimum atomic E-state index is -0.0832. The van der Waals surface area contributed by atoms with Gasteiger partial charge >= 0.3 is 0 Å². The molecule has 0 aliphatic heterocycles. The van der Waals surface area contributed by atoms with Gasteiger partial charge < -0.3 is 4.90 Å². The molecule has 0 radical (unpaired) electrons. The number of nitrogens with zero attached hydrogens (tertiary/aromatic N) is 1. The van der Waals surface area contributed by atoms with Crippen LogP contribution in [0.15, 0.2) is 140 Å². The van der Waals surface area contributed by atoms with Gasteiger partial charge in [-0.3, -0.25) is 0 Å². The molecule has 11 rings (SSSR count). The quantitative estimate of drug-likeness (QED) is 0.172. The highest BCUT2D eigenvalue weighted by Gasteiger charge is 2.51. The van der Waals surface area contributed by atoms with E-state index in [4.69, 9.17) is 0 Å². The Morgan fingerprint density at radius 1 is 0.510 bits per heavy atom. The molecule has 1 heteroatoms. The van der Waals surface area contributed by atoms with Gasteiger partial charge in [0.2, 0.25) is 0 Å². The summed E-state index contributed by atoms with van der Waals surface area (Å²) < 4.78 is 0. The molecule has 0 atom stereocenters. The van der Waals surface area contributed by atoms with Crippen LogP contribution in [-0.4, -0.2) is 0 Å². The van der Waals surface area contributed by atoms with Crippen molar-refractivity contribution in [2.45, 2.75) is 70.1 Å². The molecule has 6 aromatic carbocycles. The van der Waals surface area contributed by atoms with Crippen LogP contribution in [0, 0.1) is 24.7 Å². The first-order valence-electron chi connectivity index (χ1n) is 19.3. The SMILES string of the molecule is Cc1cccc2c1-c1ccc(N(c3ccc(C45CC6CC(CC(C6)C4)C5)cc3)c3ccccc3-c3ccccc3-c3ccccc3)cc1C2(C)C.